The number of rotatable bonds is 1. The van der Waals surface area contributed by atoms with Crippen molar-refractivity contribution in [1.29, 1.82) is 0 Å². The van der Waals surface area contributed by atoms with Crippen LogP contribution < -0.4 is 0 Å². The fourth-order valence-corrected chi connectivity index (χ4v) is 2.45. The first kappa shape index (κ1) is 11.2. The van der Waals surface area contributed by atoms with Crippen molar-refractivity contribution in [3.05, 3.63) is 35.9 Å². The molecule has 1 N–H and O–H groups in total. The molecule has 0 aromatic heterocycles. The third kappa shape index (κ3) is 2.09. The predicted molar refractivity (Wildman–Crippen MR) is 60.1 cm³/mol. The Morgan fingerprint density at radius 3 is 2.76 bits per heavy atom. The summed E-state index contributed by atoms with van der Waals surface area (Å²) < 4.78 is 5.59. The first-order valence-corrected chi connectivity index (χ1v) is 6.03. The van der Waals surface area contributed by atoms with Gasteiger partial charge in [-0.25, -0.2) is 9.78 Å². The molecule has 0 aliphatic carbocycles. The van der Waals surface area contributed by atoms with Crippen molar-refractivity contribution in [2.24, 2.45) is 0 Å². The molecule has 92 valence electrons. The zero-order valence-corrected chi connectivity index (χ0v) is 9.49. The summed E-state index contributed by atoms with van der Waals surface area (Å²) in [5.41, 5.74) is 0.910. The van der Waals surface area contributed by atoms with Crippen LogP contribution in [0.2, 0.25) is 0 Å². The summed E-state index contributed by atoms with van der Waals surface area (Å²) >= 11 is 0. The summed E-state index contributed by atoms with van der Waals surface area (Å²) in [7, 11) is 0. The summed E-state index contributed by atoms with van der Waals surface area (Å²) in [4.78, 5) is 10.7. The Kier molecular flexibility index (Phi) is 3.11. The highest BCUT2D eigenvalue weighted by molar-refractivity contribution is 5.19. The van der Waals surface area contributed by atoms with Crippen LogP contribution in [-0.2, 0) is 14.5 Å². The minimum Gasteiger partial charge on any atom is -0.387 e. The minimum absolute atomic E-state index is 0.140. The quantitative estimate of drug-likeness (QED) is 0.752. The van der Waals surface area contributed by atoms with Crippen LogP contribution in [0.5, 0.6) is 0 Å². The van der Waals surface area contributed by atoms with Gasteiger partial charge in [-0.1, -0.05) is 30.3 Å². The highest BCUT2D eigenvalue weighted by atomic mass is 17.2. The molecular weight excluding hydrogens is 220 g/mol. The summed E-state index contributed by atoms with van der Waals surface area (Å²) in [6, 6.07) is 9.60. The third-order valence-electron chi connectivity index (χ3n) is 3.37. The highest BCUT2D eigenvalue weighted by Crippen LogP contribution is 2.35. The van der Waals surface area contributed by atoms with Crippen molar-refractivity contribution in [2.75, 3.05) is 6.61 Å². The number of aliphatic hydroxyl groups is 1. The van der Waals surface area contributed by atoms with E-state index in [1.165, 1.54) is 0 Å². The SMILES string of the molecule is O[C@H]1[C@@H]2OCCC[C@@H]2OO[C@@H]1c1ccccc1. The molecule has 0 radical (unpaired) electrons. The molecule has 0 unspecified atom stereocenters. The van der Waals surface area contributed by atoms with Gasteiger partial charge in [-0.3, -0.25) is 0 Å². The zero-order valence-electron chi connectivity index (χ0n) is 9.49. The number of benzene rings is 1. The predicted octanol–water partition coefficient (Wildman–Crippen LogP) is 1.60. The molecule has 2 saturated heterocycles. The zero-order chi connectivity index (χ0) is 11.7. The molecule has 0 amide bonds. The van der Waals surface area contributed by atoms with E-state index in [1.807, 2.05) is 30.3 Å². The fraction of sp³-hybridized carbons (Fsp3) is 0.538. The minimum atomic E-state index is -0.670. The van der Waals surface area contributed by atoms with Crippen LogP contribution in [0, 0.1) is 0 Å². The molecule has 2 heterocycles. The maximum absolute atomic E-state index is 10.3. The Morgan fingerprint density at radius 1 is 1.12 bits per heavy atom. The van der Waals surface area contributed by atoms with Crippen LogP contribution in [0.4, 0.5) is 0 Å². The lowest BCUT2D eigenvalue weighted by Gasteiger charge is -2.41. The Labute approximate surface area is 100 Å². The van der Waals surface area contributed by atoms with Gasteiger partial charge in [0.1, 0.15) is 24.4 Å². The molecular formula is C13H16O4. The number of ether oxygens (including phenoxy) is 1. The molecule has 1 aromatic carbocycles. The molecule has 0 saturated carbocycles. The topological polar surface area (TPSA) is 47.9 Å². The maximum Gasteiger partial charge on any atom is 0.146 e. The van der Waals surface area contributed by atoms with Gasteiger partial charge in [-0.05, 0) is 18.4 Å². The highest BCUT2D eigenvalue weighted by Gasteiger charge is 2.43. The van der Waals surface area contributed by atoms with Gasteiger partial charge in [0, 0.05) is 6.61 Å². The van der Waals surface area contributed by atoms with Crippen LogP contribution in [0.1, 0.15) is 24.5 Å². The van der Waals surface area contributed by atoms with Gasteiger partial charge in [0.25, 0.3) is 0 Å². The van der Waals surface area contributed by atoms with Crippen molar-refractivity contribution < 1.29 is 19.6 Å². The van der Waals surface area contributed by atoms with Crippen LogP contribution in [-0.4, -0.2) is 30.0 Å². The molecule has 2 fully saturated rings. The van der Waals surface area contributed by atoms with E-state index in [2.05, 4.69) is 0 Å². The second kappa shape index (κ2) is 4.74. The lowest BCUT2D eigenvalue weighted by Crippen LogP contribution is -2.51. The van der Waals surface area contributed by atoms with Crippen molar-refractivity contribution in [3.8, 4) is 0 Å². The average Bonchev–Trinajstić information content (AvgIpc) is 2.40. The van der Waals surface area contributed by atoms with E-state index in [0.29, 0.717) is 6.61 Å². The normalized spacial score (nSPS) is 37.5. The smallest absolute Gasteiger partial charge is 0.146 e. The van der Waals surface area contributed by atoms with Gasteiger partial charge in [0.15, 0.2) is 0 Å². The van der Waals surface area contributed by atoms with Crippen molar-refractivity contribution in [1.82, 2.24) is 0 Å². The molecule has 0 spiro atoms. The van der Waals surface area contributed by atoms with E-state index in [0.717, 1.165) is 18.4 Å². The Morgan fingerprint density at radius 2 is 1.94 bits per heavy atom. The molecule has 4 atom stereocenters. The van der Waals surface area contributed by atoms with E-state index < -0.39 is 12.2 Å². The molecule has 0 bridgehead atoms. The first-order chi connectivity index (χ1) is 8.36. The summed E-state index contributed by atoms with van der Waals surface area (Å²) in [6.45, 7) is 0.684. The van der Waals surface area contributed by atoms with Gasteiger partial charge in [-0.15, -0.1) is 0 Å². The monoisotopic (exact) mass is 236 g/mol. The summed E-state index contributed by atoms with van der Waals surface area (Å²) in [6.07, 6.45) is 0.282. The van der Waals surface area contributed by atoms with Crippen LogP contribution >= 0.6 is 0 Å². The molecule has 1 aromatic rings. The second-order valence-corrected chi connectivity index (χ2v) is 4.53. The van der Waals surface area contributed by atoms with Crippen molar-refractivity contribution in [2.45, 2.75) is 37.3 Å². The summed E-state index contributed by atoms with van der Waals surface area (Å²) in [5.74, 6) is 0. The summed E-state index contributed by atoms with van der Waals surface area (Å²) in [5, 5.41) is 10.3. The van der Waals surface area contributed by atoms with E-state index in [-0.39, 0.29) is 12.2 Å². The van der Waals surface area contributed by atoms with E-state index in [9.17, 15) is 5.11 Å². The molecule has 2 aliphatic rings. The standard InChI is InChI=1S/C13H16O4/c14-11-12(9-5-2-1-3-6-9)17-16-10-7-4-8-15-13(10)11/h1-3,5-6,10-14H,4,7-8H2/t10-,11+,12+,13+/m0/s1. The molecule has 2 aliphatic heterocycles. The van der Waals surface area contributed by atoms with Gasteiger partial charge < -0.3 is 9.84 Å². The Balaban J connectivity index is 1.79. The van der Waals surface area contributed by atoms with Gasteiger partial charge in [-0.2, -0.15) is 0 Å². The maximum atomic E-state index is 10.3. The van der Waals surface area contributed by atoms with Gasteiger partial charge in [0.05, 0.1) is 0 Å². The number of fused-ring (bicyclic) bond motifs is 1. The van der Waals surface area contributed by atoms with E-state index >= 15 is 0 Å². The molecule has 17 heavy (non-hydrogen) atoms. The number of hydrogen-bond donors (Lipinski definition) is 1. The fourth-order valence-electron chi connectivity index (χ4n) is 2.45. The molecule has 4 nitrogen and oxygen atoms in total. The lowest BCUT2D eigenvalue weighted by atomic mass is 9.93. The Hall–Kier alpha value is -0.940. The average molecular weight is 236 g/mol. The van der Waals surface area contributed by atoms with Gasteiger partial charge >= 0.3 is 0 Å². The first-order valence-electron chi connectivity index (χ1n) is 6.03. The van der Waals surface area contributed by atoms with Crippen LogP contribution in [0.25, 0.3) is 0 Å². The third-order valence-corrected chi connectivity index (χ3v) is 3.37. The number of aliphatic hydroxyl groups excluding tert-OH is 1. The van der Waals surface area contributed by atoms with Crippen molar-refractivity contribution >= 4 is 0 Å². The van der Waals surface area contributed by atoms with E-state index in [1.54, 1.807) is 0 Å². The molecule has 3 rings (SSSR count). The number of hydrogen-bond acceptors (Lipinski definition) is 4. The van der Waals surface area contributed by atoms with Gasteiger partial charge in [0.2, 0.25) is 0 Å². The van der Waals surface area contributed by atoms with Crippen LogP contribution in [0.15, 0.2) is 30.3 Å². The largest absolute Gasteiger partial charge is 0.387 e. The second-order valence-electron chi connectivity index (χ2n) is 4.53. The van der Waals surface area contributed by atoms with E-state index in [4.69, 9.17) is 14.5 Å². The van der Waals surface area contributed by atoms with Crippen molar-refractivity contribution in [3.63, 3.8) is 0 Å². The molecule has 4 heteroatoms. The Bertz CT molecular complexity index is 367. The van der Waals surface area contributed by atoms with Crippen LogP contribution in [0.3, 0.4) is 0 Å². The lowest BCUT2D eigenvalue weighted by molar-refractivity contribution is -0.425.